The lowest BCUT2D eigenvalue weighted by Crippen LogP contribution is -2.07. The fraction of sp³-hybridized carbons (Fsp3) is 0.308. The molecule has 1 aromatic carbocycles. The van der Waals surface area contributed by atoms with Crippen molar-refractivity contribution in [3.05, 3.63) is 50.2 Å². The SMILES string of the molecule is [N-]=[N+]=Nc1cccc(N=[N+]=[N-])c1C=C1CCCCC1=O. The summed E-state index contributed by atoms with van der Waals surface area (Å²) in [5.74, 6) is 0.0962. The van der Waals surface area contributed by atoms with Crippen molar-refractivity contribution >= 4 is 23.2 Å². The van der Waals surface area contributed by atoms with Gasteiger partial charge < -0.3 is 0 Å². The van der Waals surface area contributed by atoms with E-state index in [1.807, 2.05) is 0 Å². The average molecular weight is 268 g/mol. The van der Waals surface area contributed by atoms with Crippen LogP contribution in [0.2, 0.25) is 0 Å². The molecule has 1 aliphatic rings. The number of benzene rings is 1. The van der Waals surface area contributed by atoms with Crippen molar-refractivity contribution in [3.8, 4) is 0 Å². The van der Waals surface area contributed by atoms with Crippen LogP contribution in [0.4, 0.5) is 11.4 Å². The minimum atomic E-state index is 0.0962. The molecule has 1 aromatic rings. The molecule has 20 heavy (non-hydrogen) atoms. The molecule has 1 saturated carbocycles. The molecule has 100 valence electrons. The molecule has 0 spiro atoms. The topological polar surface area (TPSA) is 115 Å². The zero-order valence-corrected chi connectivity index (χ0v) is 10.7. The molecule has 1 fully saturated rings. The van der Waals surface area contributed by atoms with Gasteiger partial charge in [0.1, 0.15) is 0 Å². The Kier molecular flexibility index (Phi) is 4.39. The Hall–Kier alpha value is -2.75. The van der Waals surface area contributed by atoms with E-state index in [9.17, 15) is 4.79 Å². The number of allylic oxidation sites excluding steroid dienone is 1. The highest BCUT2D eigenvalue weighted by atomic mass is 16.1. The number of carbonyl (C=O) groups excluding carboxylic acids is 1. The highest BCUT2D eigenvalue weighted by Gasteiger charge is 2.16. The molecule has 7 heteroatoms. The predicted octanol–water partition coefficient (Wildman–Crippen LogP) is 5.10. The highest BCUT2D eigenvalue weighted by molar-refractivity contribution is 6.01. The van der Waals surface area contributed by atoms with Crippen LogP contribution in [-0.2, 0) is 4.79 Å². The van der Waals surface area contributed by atoms with Crippen molar-refractivity contribution in [2.24, 2.45) is 10.2 Å². The van der Waals surface area contributed by atoms with Gasteiger partial charge in [0.15, 0.2) is 5.78 Å². The van der Waals surface area contributed by atoms with Gasteiger partial charge in [-0.15, -0.1) is 0 Å². The Morgan fingerprint density at radius 2 is 1.65 bits per heavy atom. The summed E-state index contributed by atoms with van der Waals surface area (Å²) >= 11 is 0. The number of nitrogens with zero attached hydrogens (tertiary/aromatic N) is 6. The third-order valence-electron chi connectivity index (χ3n) is 3.14. The highest BCUT2D eigenvalue weighted by Crippen LogP contribution is 2.33. The fourth-order valence-electron chi connectivity index (χ4n) is 2.19. The Morgan fingerprint density at radius 1 is 1.05 bits per heavy atom. The van der Waals surface area contributed by atoms with E-state index >= 15 is 0 Å². The van der Waals surface area contributed by atoms with Gasteiger partial charge in [-0.05, 0) is 47.5 Å². The van der Waals surface area contributed by atoms with E-state index in [-0.39, 0.29) is 5.78 Å². The molecular formula is C13H12N6O. The predicted molar refractivity (Wildman–Crippen MR) is 75.5 cm³/mol. The maximum Gasteiger partial charge on any atom is 0.158 e. The van der Waals surface area contributed by atoms with Crippen molar-refractivity contribution in [1.29, 1.82) is 0 Å². The van der Waals surface area contributed by atoms with Gasteiger partial charge in [0.25, 0.3) is 0 Å². The summed E-state index contributed by atoms with van der Waals surface area (Å²) in [5, 5.41) is 7.16. The zero-order chi connectivity index (χ0) is 14.4. The Balaban J connectivity index is 2.57. The van der Waals surface area contributed by atoms with Crippen molar-refractivity contribution < 1.29 is 4.79 Å². The summed E-state index contributed by atoms with van der Waals surface area (Å²) in [6, 6.07) is 4.88. The third kappa shape index (κ3) is 2.98. The van der Waals surface area contributed by atoms with Crippen LogP contribution in [-0.4, -0.2) is 5.78 Å². The molecule has 0 N–H and O–H groups in total. The van der Waals surface area contributed by atoms with Gasteiger partial charge in [0.05, 0.1) is 0 Å². The summed E-state index contributed by atoms with van der Waals surface area (Å²) in [6.45, 7) is 0. The van der Waals surface area contributed by atoms with Crippen molar-refractivity contribution in [1.82, 2.24) is 0 Å². The number of rotatable bonds is 3. The van der Waals surface area contributed by atoms with E-state index in [4.69, 9.17) is 11.1 Å². The first-order valence-electron chi connectivity index (χ1n) is 6.23. The second kappa shape index (κ2) is 6.43. The van der Waals surface area contributed by atoms with Crippen molar-refractivity contribution in [2.45, 2.75) is 25.7 Å². The standard InChI is InChI=1S/C13H12N6O/c14-18-16-11-5-3-6-12(17-19-15)10(11)8-9-4-1-2-7-13(9)20/h3,5-6,8H,1-2,4,7H2. The minimum Gasteiger partial charge on any atom is -0.295 e. The largest absolute Gasteiger partial charge is 0.295 e. The van der Waals surface area contributed by atoms with Gasteiger partial charge >= 0.3 is 0 Å². The monoisotopic (exact) mass is 268 g/mol. The van der Waals surface area contributed by atoms with E-state index in [1.165, 1.54) is 0 Å². The maximum absolute atomic E-state index is 11.9. The molecule has 0 amide bonds. The lowest BCUT2D eigenvalue weighted by atomic mass is 9.91. The summed E-state index contributed by atoms with van der Waals surface area (Å²) < 4.78 is 0. The van der Waals surface area contributed by atoms with E-state index in [0.717, 1.165) is 12.8 Å². The Morgan fingerprint density at radius 3 is 2.20 bits per heavy atom. The molecule has 0 aromatic heterocycles. The molecule has 7 nitrogen and oxygen atoms in total. The molecule has 0 unspecified atom stereocenters. The summed E-state index contributed by atoms with van der Waals surface area (Å²) in [6.07, 6.45) is 4.76. The quantitative estimate of drug-likeness (QED) is 0.322. The average Bonchev–Trinajstić information content (AvgIpc) is 2.45. The second-order valence-corrected chi connectivity index (χ2v) is 4.39. The molecule has 2 rings (SSSR count). The fourth-order valence-corrected chi connectivity index (χ4v) is 2.19. The van der Waals surface area contributed by atoms with E-state index in [1.54, 1.807) is 24.3 Å². The van der Waals surface area contributed by atoms with Crippen LogP contribution in [0.5, 0.6) is 0 Å². The van der Waals surface area contributed by atoms with E-state index in [0.29, 0.717) is 35.4 Å². The van der Waals surface area contributed by atoms with Gasteiger partial charge in [-0.25, -0.2) is 0 Å². The Labute approximate surface area is 115 Å². The maximum atomic E-state index is 11.9. The smallest absolute Gasteiger partial charge is 0.158 e. The summed E-state index contributed by atoms with van der Waals surface area (Å²) in [5.41, 5.74) is 19.1. The number of hydrogen-bond acceptors (Lipinski definition) is 3. The first-order valence-corrected chi connectivity index (χ1v) is 6.23. The molecule has 0 radical (unpaired) electrons. The molecule has 0 atom stereocenters. The number of ketones is 1. The van der Waals surface area contributed by atoms with Crippen LogP contribution >= 0.6 is 0 Å². The normalized spacial score (nSPS) is 16.4. The first-order chi connectivity index (χ1) is 9.76. The van der Waals surface area contributed by atoms with Gasteiger partial charge in [0, 0.05) is 27.6 Å². The second-order valence-electron chi connectivity index (χ2n) is 4.39. The van der Waals surface area contributed by atoms with Gasteiger partial charge in [-0.3, -0.25) is 4.79 Å². The first kappa shape index (κ1) is 13.7. The van der Waals surface area contributed by atoms with Crippen molar-refractivity contribution in [2.75, 3.05) is 0 Å². The van der Waals surface area contributed by atoms with E-state index < -0.39 is 0 Å². The summed E-state index contributed by atoms with van der Waals surface area (Å²) in [4.78, 5) is 17.4. The van der Waals surface area contributed by atoms with Crippen LogP contribution in [0.25, 0.3) is 27.0 Å². The molecule has 0 saturated heterocycles. The number of carbonyl (C=O) groups is 1. The van der Waals surface area contributed by atoms with Gasteiger partial charge in [0.2, 0.25) is 0 Å². The van der Waals surface area contributed by atoms with Gasteiger partial charge in [-0.2, -0.15) is 0 Å². The molecular weight excluding hydrogens is 256 g/mol. The molecule has 0 bridgehead atoms. The zero-order valence-electron chi connectivity index (χ0n) is 10.7. The van der Waals surface area contributed by atoms with Crippen LogP contribution in [0.15, 0.2) is 34.0 Å². The molecule has 0 heterocycles. The van der Waals surface area contributed by atoms with Gasteiger partial charge in [-0.1, -0.05) is 28.4 Å². The third-order valence-corrected chi connectivity index (χ3v) is 3.14. The molecule has 1 aliphatic carbocycles. The van der Waals surface area contributed by atoms with Crippen molar-refractivity contribution in [3.63, 3.8) is 0 Å². The molecule has 0 aliphatic heterocycles. The number of hydrogen-bond donors (Lipinski definition) is 0. The van der Waals surface area contributed by atoms with E-state index in [2.05, 4.69) is 20.1 Å². The van der Waals surface area contributed by atoms with Crippen LogP contribution in [0, 0.1) is 0 Å². The lowest BCUT2D eigenvalue weighted by molar-refractivity contribution is -0.116. The number of azide groups is 2. The lowest BCUT2D eigenvalue weighted by Gasteiger charge is -2.13. The van der Waals surface area contributed by atoms with Crippen LogP contribution in [0.1, 0.15) is 31.2 Å². The summed E-state index contributed by atoms with van der Waals surface area (Å²) in [7, 11) is 0. The van der Waals surface area contributed by atoms with Crippen LogP contribution in [0.3, 0.4) is 0 Å². The number of Topliss-reactive ketones (excluding diaryl/α,β-unsaturated/α-hetero) is 1. The minimum absolute atomic E-state index is 0.0962. The Bertz CT molecular complexity index is 629. The van der Waals surface area contributed by atoms with Crippen LogP contribution < -0.4 is 0 Å².